The van der Waals surface area contributed by atoms with E-state index in [4.69, 9.17) is 15.6 Å². The van der Waals surface area contributed by atoms with E-state index in [2.05, 4.69) is 28.9 Å². The lowest BCUT2D eigenvalue weighted by Crippen LogP contribution is -2.32. The Balaban J connectivity index is 1.83. The smallest absolute Gasteiger partial charge is 0.244 e. The first-order chi connectivity index (χ1) is 14.0. The van der Waals surface area contributed by atoms with Crippen molar-refractivity contribution in [3.8, 4) is 17.1 Å². The van der Waals surface area contributed by atoms with Gasteiger partial charge in [-0.2, -0.15) is 5.10 Å². The van der Waals surface area contributed by atoms with Gasteiger partial charge in [0.05, 0.1) is 35.4 Å². The number of amides is 1. The zero-order chi connectivity index (χ0) is 20.5. The van der Waals surface area contributed by atoms with Gasteiger partial charge in [-0.15, -0.1) is 0 Å². The number of pyridine rings is 2. The molecule has 7 nitrogen and oxygen atoms in total. The van der Waals surface area contributed by atoms with E-state index in [-0.39, 0.29) is 5.91 Å². The van der Waals surface area contributed by atoms with Crippen LogP contribution in [0.1, 0.15) is 24.7 Å². The molecule has 0 bridgehead atoms. The second-order valence-electron chi connectivity index (χ2n) is 7.13. The van der Waals surface area contributed by atoms with Crippen LogP contribution >= 0.6 is 0 Å². The fourth-order valence-electron chi connectivity index (χ4n) is 3.91. The van der Waals surface area contributed by atoms with Gasteiger partial charge in [0, 0.05) is 30.3 Å². The third kappa shape index (κ3) is 3.33. The van der Waals surface area contributed by atoms with E-state index >= 15 is 0 Å². The molecule has 4 heterocycles. The molecule has 0 saturated carbocycles. The maximum Gasteiger partial charge on any atom is 0.244 e. The molecule has 1 aliphatic rings. The minimum Gasteiger partial charge on any atom is -0.481 e. The Labute approximate surface area is 169 Å². The molecular weight excluding hydrogens is 366 g/mol. The molecule has 0 spiro atoms. The maximum absolute atomic E-state index is 11.5. The fourth-order valence-corrected chi connectivity index (χ4v) is 3.91. The first-order valence-electron chi connectivity index (χ1n) is 9.80. The average molecular weight is 391 g/mol. The Bertz CT molecular complexity index is 1120. The number of nitrogens with zero attached hydrogens (tertiary/aromatic N) is 4. The highest BCUT2D eigenvalue weighted by Gasteiger charge is 2.23. The van der Waals surface area contributed by atoms with Crippen LogP contribution in [0.15, 0.2) is 42.0 Å². The molecule has 0 aliphatic carbocycles. The van der Waals surface area contributed by atoms with Crippen molar-refractivity contribution in [2.75, 3.05) is 25.1 Å². The number of anilines is 1. The second kappa shape index (κ2) is 7.58. The standard InChI is InChI=1S/C22H25N5O2/c1-4-17-21(26-12-10-15(11-13-26)22(23)28)19-7-5-6-18(27(19)25-17)16-8-9-20(29-3)24-14(16)2/h5-10H,4,11-13H2,1-3H3,(H2,23,28). The van der Waals surface area contributed by atoms with Gasteiger partial charge >= 0.3 is 0 Å². The topological polar surface area (TPSA) is 85.8 Å². The summed E-state index contributed by atoms with van der Waals surface area (Å²) in [5, 5.41) is 4.92. The van der Waals surface area contributed by atoms with Crippen LogP contribution in [0.4, 0.5) is 5.69 Å². The summed E-state index contributed by atoms with van der Waals surface area (Å²) < 4.78 is 7.24. The van der Waals surface area contributed by atoms with Gasteiger partial charge in [-0.1, -0.05) is 19.1 Å². The van der Waals surface area contributed by atoms with Crippen molar-refractivity contribution < 1.29 is 9.53 Å². The third-order valence-corrected chi connectivity index (χ3v) is 5.42. The largest absolute Gasteiger partial charge is 0.481 e. The van der Waals surface area contributed by atoms with Crippen molar-refractivity contribution in [2.45, 2.75) is 26.7 Å². The van der Waals surface area contributed by atoms with E-state index in [0.29, 0.717) is 24.4 Å². The predicted molar refractivity (Wildman–Crippen MR) is 113 cm³/mol. The van der Waals surface area contributed by atoms with Crippen LogP contribution in [-0.2, 0) is 11.2 Å². The van der Waals surface area contributed by atoms with Gasteiger partial charge in [-0.25, -0.2) is 9.50 Å². The van der Waals surface area contributed by atoms with Crippen molar-refractivity contribution in [2.24, 2.45) is 5.73 Å². The SMILES string of the molecule is CCc1nn2c(-c3ccc(OC)nc3C)cccc2c1N1CC=C(C(N)=O)CC1. The summed E-state index contributed by atoms with van der Waals surface area (Å²) in [7, 11) is 1.62. The predicted octanol–water partition coefficient (Wildman–Crippen LogP) is 2.90. The molecule has 3 aromatic heterocycles. The molecule has 0 aromatic carbocycles. The quantitative estimate of drug-likeness (QED) is 0.723. The lowest BCUT2D eigenvalue weighted by molar-refractivity contribution is -0.114. The number of hydrogen-bond donors (Lipinski definition) is 1. The lowest BCUT2D eigenvalue weighted by Gasteiger charge is -2.27. The normalized spacial score (nSPS) is 14.2. The maximum atomic E-state index is 11.5. The monoisotopic (exact) mass is 391 g/mol. The number of aromatic nitrogens is 3. The molecule has 3 aromatic rings. The molecular formula is C22H25N5O2. The van der Waals surface area contributed by atoms with E-state index < -0.39 is 0 Å². The Morgan fingerprint density at radius 1 is 1.28 bits per heavy atom. The molecule has 0 radical (unpaired) electrons. The van der Waals surface area contributed by atoms with Crippen LogP contribution in [0.2, 0.25) is 0 Å². The third-order valence-electron chi connectivity index (χ3n) is 5.42. The number of primary amides is 1. The minimum atomic E-state index is -0.329. The molecule has 2 N–H and O–H groups in total. The number of methoxy groups -OCH3 is 1. The van der Waals surface area contributed by atoms with Gasteiger partial charge in [-0.05, 0) is 38.0 Å². The van der Waals surface area contributed by atoms with Crippen molar-refractivity contribution in [3.05, 3.63) is 53.4 Å². The molecule has 0 atom stereocenters. The molecule has 0 saturated heterocycles. The van der Waals surface area contributed by atoms with Crippen LogP contribution in [0, 0.1) is 6.92 Å². The summed E-state index contributed by atoms with van der Waals surface area (Å²) in [6.45, 7) is 5.48. The molecule has 150 valence electrons. The Kier molecular flexibility index (Phi) is 4.96. The number of hydrogen-bond acceptors (Lipinski definition) is 5. The van der Waals surface area contributed by atoms with Gasteiger partial charge in [-0.3, -0.25) is 4.79 Å². The van der Waals surface area contributed by atoms with E-state index in [0.717, 1.165) is 46.8 Å². The summed E-state index contributed by atoms with van der Waals surface area (Å²) in [6.07, 6.45) is 3.40. The van der Waals surface area contributed by atoms with Crippen LogP contribution < -0.4 is 15.4 Å². The van der Waals surface area contributed by atoms with Gasteiger partial charge in [0.25, 0.3) is 0 Å². The number of aryl methyl sites for hydroxylation is 2. The van der Waals surface area contributed by atoms with E-state index in [1.807, 2.05) is 35.7 Å². The molecule has 1 amide bonds. The van der Waals surface area contributed by atoms with E-state index in [1.165, 1.54) is 0 Å². The molecule has 0 fully saturated rings. The molecule has 29 heavy (non-hydrogen) atoms. The first kappa shape index (κ1) is 19.0. The van der Waals surface area contributed by atoms with Gasteiger partial charge in [0.2, 0.25) is 11.8 Å². The summed E-state index contributed by atoms with van der Waals surface area (Å²) >= 11 is 0. The van der Waals surface area contributed by atoms with E-state index in [9.17, 15) is 4.79 Å². The fraction of sp³-hybridized carbons (Fsp3) is 0.318. The Morgan fingerprint density at radius 2 is 2.10 bits per heavy atom. The van der Waals surface area contributed by atoms with Gasteiger partial charge in [0.15, 0.2) is 0 Å². The summed E-state index contributed by atoms with van der Waals surface area (Å²) in [6, 6.07) is 10.1. The zero-order valence-corrected chi connectivity index (χ0v) is 17.0. The highest BCUT2D eigenvalue weighted by Crippen LogP contribution is 2.33. The van der Waals surface area contributed by atoms with Crippen molar-refractivity contribution in [3.63, 3.8) is 0 Å². The molecule has 4 rings (SSSR count). The number of rotatable bonds is 5. The average Bonchev–Trinajstić information content (AvgIpc) is 3.12. The number of carbonyl (C=O) groups excluding carboxylic acids is 1. The molecule has 1 aliphatic heterocycles. The Morgan fingerprint density at radius 3 is 2.72 bits per heavy atom. The van der Waals surface area contributed by atoms with Crippen LogP contribution in [-0.4, -0.2) is 40.7 Å². The lowest BCUT2D eigenvalue weighted by atomic mass is 10.1. The highest BCUT2D eigenvalue weighted by atomic mass is 16.5. The highest BCUT2D eigenvalue weighted by molar-refractivity contribution is 5.92. The summed E-state index contributed by atoms with van der Waals surface area (Å²) in [4.78, 5) is 18.3. The number of fused-ring (bicyclic) bond motifs is 1. The van der Waals surface area contributed by atoms with E-state index in [1.54, 1.807) is 7.11 Å². The summed E-state index contributed by atoms with van der Waals surface area (Å²) in [5.74, 6) is 0.268. The number of nitrogens with two attached hydrogens (primary N) is 1. The second-order valence-corrected chi connectivity index (χ2v) is 7.13. The summed E-state index contributed by atoms with van der Waals surface area (Å²) in [5.41, 5.74) is 12.2. The van der Waals surface area contributed by atoms with Crippen molar-refractivity contribution in [1.29, 1.82) is 0 Å². The number of ether oxygens (including phenoxy) is 1. The van der Waals surface area contributed by atoms with Gasteiger partial charge in [0.1, 0.15) is 0 Å². The van der Waals surface area contributed by atoms with Gasteiger partial charge < -0.3 is 15.4 Å². The Hall–Kier alpha value is -3.35. The zero-order valence-electron chi connectivity index (χ0n) is 17.0. The van der Waals surface area contributed by atoms with Crippen molar-refractivity contribution in [1.82, 2.24) is 14.6 Å². The van der Waals surface area contributed by atoms with Crippen molar-refractivity contribution >= 4 is 17.1 Å². The molecule has 0 unspecified atom stereocenters. The molecule has 7 heteroatoms. The minimum absolute atomic E-state index is 0.329. The van der Waals surface area contributed by atoms with Crippen LogP contribution in [0.25, 0.3) is 16.8 Å². The first-order valence-corrected chi connectivity index (χ1v) is 9.80. The van der Waals surface area contributed by atoms with Crippen LogP contribution in [0.3, 0.4) is 0 Å². The van der Waals surface area contributed by atoms with Crippen LogP contribution in [0.5, 0.6) is 5.88 Å². The number of carbonyl (C=O) groups is 1.